The molecule has 0 radical (unpaired) electrons. The predicted octanol–water partition coefficient (Wildman–Crippen LogP) is 2.11. The lowest BCUT2D eigenvalue weighted by molar-refractivity contribution is 0.0935. The molecule has 1 saturated heterocycles. The summed E-state index contributed by atoms with van der Waals surface area (Å²) in [5.41, 5.74) is 4.45. The number of hydrogen-bond donors (Lipinski definition) is 1. The van der Waals surface area contributed by atoms with Crippen LogP contribution in [0.2, 0.25) is 0 Å². The number of hydrogen-bond acceptors (Lipinski definition) is 6. The number of anilines is 1. The first-order valence-electron chi connectivity index (χ1n) is 11.5. The highest BCUT2D eigenvalue weighted by Crippen LogP contribution is 2.46. The Labute approximate surface area is 192 Å². The zero-order valence-electron chi connectivity index (χ0n) is 18.8. The molecule has 4 heterocycles. The van der Waals surface area contributed by atoms with Gasteiger partial charge in [-0.05, 0) is 49.7 Å². The second-order valence-corrected chi connectivity index (χ2v) is 9.53. The minimum absolute atomic E-state index is 0.130. The number of rotatable bonds is 5. The Morgan fingerprint density at radius 2 is 2.12 bits per heavy atom. The van der Waals surface area contributed by atoms with Gasteiger partial charge >= 0.3 is 0 Å². The molecule has 3 aromatic heterocycles. The van der Waals surface area contributed by atoms with Crippen molar-refractivity contribution in [2.24, 2.45) is 18.9 Å². The Hall–Kier alpha value is -3.67. The zero-order chi connectivity index (χ0) is 22.7. The van der Waals surface area contributed by atoms with Crippen LogP contribution in [0.15, 0.2) is 24.7 Å². The first-order chi connectivity index (χ1) is 16.0. The van der Waals surface area contributed by atoms with Crippen molar-refractivity contribution >= 4 is 11.7 Å². The van der Waals surface area contributed by atoms with Crippen LogP contribution in [0.1, 0.15) is 57.6 Å². The van der Waals surface area contributed by atoms with Gasteiger partial charge in [0.05, 0.1) is 30.2 Å². The number of aromatic nitrogens is 5. The summed E-state index contributed by atoms with van der Waals surface area (Å²) in [6, 6.07) is 6.07. The number of pyridine rings is 1. The molecule has 9 heteroatoms. The monoisotopic (exact) mass is 442 g/mol. The highest BCUT2D eigenvalue weighted by Gasteiger charge is 2.45. The van der Waals surface area contributed by atoms with Crippen molar-refractivity contribution in [3.8, 4) is 6.07 Å². The van der Waals surface area contributed by atoms with Crippen LogP contribution in [0, 0.1) is 30.1 Å². The first-order valence-corrected chi connectivity index (χ1v) is 11.5. The van der Waals surface area contributed by atoms with Crippen LogP contribution in [0.25, 0.3) is 0 Å². The van der Waals surface area contributed by atoms with Crippen molar-refractivity contribution in [3.63, 3.8) is 0 Å². The van der Waals surface area contributed by atoms with Gasteiger partial charge in [-0.25, -0.2) is 9.97 Å². The maximum Gasteiger partial charge on any atom is 0.256 e. The average Bonchev–Trinajstić information content (AvgIpc) is 3.23. The third-order valence-electron chi connectivity index (χ3n) is 7.32. The number of nitriles is 1. The average molecular weight is 443 g/mol. The van der Waals surface area contributed by atoms with Crippen LogP contribution in [-0.4, -0.2) is 43.3 Å². The Bertz CT molecular complexity index is 1290. The lowest BCUT2D eigenvalue weighted by Gasteiger charge is -2.20. The van der Waals surface area contributed by atoms with E-state index < -0.39 is 0 Å². The fourth-order valence-corrected chi connectivity index (χ4v) is 5.29. The lowest BCUT2D eigenvalue weighted by Crippen LogP contribution is -2.27. The summed E-state index contributed by atoms with van der Waals surface area (Å²) in [6.07, 6.45) is 6.49. The van der Waals surface area contributed by atoms with Gasteiger partial charge in [0.1, 0.15) is 11.9 Å². The molecule has 2 unspecified atom stereocenters. The van der Waals surface area contributed by atoms with Crippen molar-refractivity contribution in [3.05, 3.63) is 58.6 Å². The van der Waals surface area contributed by atoms with E-state index in [4.69, 9.17) is 4.98 Å². The Kier molecular flexibility index (Phi) is 4.50. The molecule has 2 aliphatic carbocycles. The molecule has 9 nitrogen and oxygen atoms in total. The van der Waals surface area contributed by atoms with Gasteiger partial charge in [-0.3, -0.25) is 9.48 Å². The third kappa shape index (κ3) is 3.46. The quantitative estimate of drug-likeness (QED) is 0.649. The SMILES string of the molecule is Cc1nc(N2CC3CC3C2)ccc1Cn1cc(C(=O)N[C@@H]2CCc3c2ncn3C)c(C#N)n1. The fourth-order valence-electron chi connectivity index (χ4n) is 5.29. The topological polar surface area (TPSA) is 105 Å². The van der Waals surface area contributed by atoms with Gasteiger partial charge in [0, 0.05) is 37.7 Å². The van der Waals surface area contributed by atoms with Gasteiger partial charge in [0.15, 0.2) is 5.69 Å². The second-order valence-electron chi connectivity index (χ2n) is 9.53. The Balaban J connectivity index is 1.18. The van der Waals surface area contributed by atoms with Crippen LogP contribution in [0.5, 0.6) is 0 Å². The number of nitrogens with zero attached hydrogens (tertiary/aromatic N) is 7. The van der Waals surface area contributed by atoms with Crippen molar-refractivity contribution < 1.29 is 4.79 Å². The van der Waals surface area contributed by atoms with Crippen LogP contribution in [-0.2, 0) is 20.0 Å². The molecule has 0 aromatic carbocycles. The number of piperidine rings is 1. The maximum absolute atomic E-state index is 13.0. The summed E-state index contributed by atoms with van der Waals surface area (Å²) in [6.45, 7) is 4.68. The minimum atomic E-state index is -0.293. The zero-order valence-corrected chi connectivity index (χ0v) is 18.8. The number of carbonyl (C=O) groups excluding carboxylic acids is 1. The summed E-state index contributed by atoms with van der Waals surface area (Å²) in [5, 5.41) is 17.0. The number of imidazole rings is 1. The molecular weight excluding hydrogens is 416 g/mol. The molecule has 1 aliphatic heterocycles. The number of fused-ring (bicyclic) bond motifs is 2. The van der Waals surface area contributed by atoms with Crippen LogP contribution in [0.3, 0.4) is 0 Å². The van der Waals surface area contributed by atoms with Crippen molar-refractivity contribution in [1.29, 1.82) is 5.26 Å². The van der Waals surface area contributed by atoms with Crippen LogP contribution in [0.4, 0.5) is 5.82 Å². The molecule has 168 valence electrons. The van der Waals surface area contributed by atoms with E-state index >= 15 is 0 Å². The van der Waals surface area contributed by atoms with Crippen LogP contribution >= 0.6 is 0 Å². The van der Waals surface area contributed by atoms with Gasteiger partial charge in [-0.15, -0.1) is 0 Å². The molecule has 2 fully saturated rings. The summed E-state index contributed by atoms with van der Waals surface area (Å²) in [5.74, 6) is 2.46. The van der Waals surface area contributed by atoms with E-state index in [9.17, 15) is 10.1 Å². The van der Waals surface area contributed by atoms with E-state index in [2.05, 4.69) is 38.5 Å². The van der Waals surface area contributed by atoms with Crippen molar-refractivity contribution in [2.75, 3.05) is 18.0 Å². The number of nitrogens with one attached hydrogen (secondary N) is 1. The van der Waals surface area contributed by atoms with Gasteiger partial charge in [-0.2, -0.15) is 10.4 Å². The fraction of sp³-hybridized carbons (Fsp3) is 0.458. The molecule has 1 N–H and O–H groups in total. The highest BCUT2D eigenvalue weighted by molar-refractivity contribution is 5.96. The number of amides is 1. The molecule has 3 atom stereocenters. The molecule has 6 rings (SSSR count). The van der Waals surface area contributed by atoms with E-state index in [0.717, 1.165) is 66.2 Å². The minimum Gasteiger partial charge on any atom is -0.356 e. The third-order valence-corrected chi connectivity index (χ3v) is 7.32. The molecule has 0 spiro atoms. The van der Waals surface area contributed by atoms with Crippen molar-refractivity contribution in [1.82, 2.24) is 29.6 Å². The van der Waals surface area contributed by atoms with E-state index in [1.165, 1.54) is 6.42 Å². The number of carbonyl (C=O) groups is 1. The van der Waals surface area contributed by atoms with E-state index in [1.54, 1.807) is 17.2 Å². The van der Waals surface area contributed by atoms with Crippen LogP contribution < -0.4 is 10.2 Å². The van der Waals surface area contributed by atoms with Gasteiger partial charge < -0.3 is 14.8 Å². The van der Waals surface area contributed by atoms with Gasteiger partial charge in [-0.1, -0.05) is 6.07 Å². The molecule has 33 heavy (non-hydrogen) atoms. The summed E-state index contributed by atoms with van der Waals surface area (Å²) in [4.78, 5) is 24.6. The molecule has 3 aliphatic rings. The summed E-state index contributed by atoms with van der Waals surface area (Å²) < 4.78 is 3.65. The maximum atomic E-state index is 13.0. The molecule has 3 aromatic rings. The molecule has 1 saturated carbocycles. The van der Waals surface area contributed by atoms with Crippen molar-refractivity contribution in [2.45, 2.75) is 38.8 Å². The normalized spacial score (nSPS) is 22.7. The van der Waals surface area contributed by atoms with Gasteiger partial charge in [0.2, 0.25) is 0 Å². The molecular formula is C24H26N8O. The smallest absolute Gasteiger partial charge is 0.256 e. The van der Waals surface area contributed by atoms with E-state index in [1.807, 2.05) is 18.5 Å². The Morgan fingerprint density at radius 3 is 2.88 bits per heavy atom. The second kappa shape index (κ2) is 7.44. The number of aryl methyl sites for hydroxylation is 2. The molecule has 0 bridgehead atoms. The molecule has 1 amide bonds. The predicted molar refractivity (Wildman–Crippen MR) is 121 cm³/mol. The van der Waals surface area contributed by atoms with Gasteiger partial charge in [0.25, 0.3) is 5.91 Å². The lowest BCUT2D eigenvalue weighted by atomic mass is 10.2. The van der Waals surface area contributed by atoms with E-state index in [0.29, 0.717) is 12.1 Å². The first kappa shape index (κ1) is 20.0. The largest absolute Gasteiger partial charge is 0.356 e. The summed E-state index contributed by atoms with van der Waals surface area (Å²) in [7, 11) is 1.96. The highest BCUT2D eigenvalue weighted by atomic mass is 16.1. The Morgan fingerprint density at radius 1 is 1.30 bits per heavy atom. The summed E-state index contributed by atoms with van der Waals surface area (Å²) >= 11 is 0. The standard InChI is InChI=1S/C24H26N8O/c1-14-15(3-6-22(27-14)31-9-16-7-17(16)10-31)11-32-12-18(20(8-25)29-32)24(33)28-19-4-5-21-23(19)26-13-30(21)2/h3,6,12-13,16-17,19H,4-5,7,9-11H2,1-2H3,(H,28,33)/t16?,17?,19-/m1/s1. The van der Waals surface area contributed by atoms with E-state index in [-0.39, 0.29) is 17.6 Å².